The van der Waals surface area contributed by atoms with Crippen molar-refractivity contribution in [2.45, 2.75) is 19.8 Å². The monoisotopic (exact) mass is 236 g/mol. The van der Waals surface area contributed by atoms with Gasteiger partial charge in [0.2, 0.25) is 0 Å². The SMILES string of the molecule is COCCCN(C)c1ccc(C)cc1CCN. The third-order valence-corrected chi connectivity index (χ3v) is 2.90. The molecule has 0 spiro atoms. The lowest BCUT2D eigenvalue weighted by molar-refractivity contribution is 0.196. The van der Waals surface area contributed by atoms with Crippen molar-refractivity contribution in [1.82, 2.24) is 0 Å². The summed E-state index contributed by atoms with van der Waals surface area (Å²) in [7, 11) is 3.87. The molecule has 0 aliphatic heterocycles. The highest BCUT2D eigenvalue weighted by Crippen LogP contribution is 2.21. The van der Waals surface area contributed by atoms with Crippen LogP contribution >= 0.6 is 0 Å². The van der Waals surface area contributed by atoms with Crippen molar-refractivity contribution >= 4 is 5.69 Å². The van der Waals surface area contributed by atoms with Crippen LogP contribution in [0.3, 0.4) is 0 Å². The Hall–Kier alpha value is -1.06. The Labute approximate surface area is 105 Å². The molecule has 0 aromatic heterocycles. The zero-order valence-electron chi connectivity index (χ0n) is 11.2. The molecule has 0 saturated carbocycles. The summed E-state index contributed by atoms with van der Waals surface area (Å²) in [5.41, 5.74) is 9.59. The number of hydrogen-bond acceptors (Lipinski definition) is 3. The van der Waals surface area contributed by atoms with Crippen molar-refractivity contribution < 1.29 is 4.74 Å². The Morgan fingerprint density at radius 2 is 2.12 bits per heavy atom. The van der Waals surface area contributed by atoms with Crippen LogP contribution in [0, 0.1) is 6.92 Å². The van der Waals surface area contributed by atoms with Crippen molar-refractivity contribution in [1.29, 1.82) is 0 Å². The van der Waals surface area contributed by atoms with Crippen LogP contribution < -0.4 is 10.6 Å². The number of aryl methyl sites for hydroxylation is 1. The van der Waals surface area contributed by atoms with Gasteiger partial charge in [0, 0.05) is 33.0 Å². The molecule has 0 atom stereocenters. The van der Waals surface area contributed by atoms with E-state index in [-0.39, 0.29) is 0 Å². The molecular formula is C14H24N2O. The maximum atomic E-state index is 5.66. The summed E-state index contributed by atoms with van der Waals surface area (Å²) in [4.78, 5) is 2.28. The lowest BCUT2D eigenvalue weighted by Gasteiger charge is -2.22. The highest BCUT2D eigenvalue weighted by atomic mass is 16.5. The maximum absolute atomic E-state index is 5.66. The average molecular weight is 236 g/mol. The number of nitrogens with zero attached hydrogens (tertiary/aromatic N) is 1. The van der Waals surface area contributed by atoms with Crippen molar-refractivity contribution in [3.05, 3.63) is 29.3 Å². The Balaban J connectivity index is 2.73. The summed E-state index contributed by atoms with van der Waals surface area (Å²) >= 11 is 0. The lowest BCUT2D eigenvalue weighted by Crippen LogP contribution is -2.21. The van der Waals surface area contributed by atoms with Gasteiger partial charge in [-0.1, -0.05) is 17.7 Å². The Bertz CT molecular complexity index is 339. The highest BCUT2D eigenvalue weighted by Gasteiger charge is 2.06. The number of nitrogens with two attached hydrogens (primary N) is 1. The number of anilines is 1. The summed E-state index contributed by atoms with van der Waals surface area (Å²) in [6.45, 7) is 4.63. The third-order valence-electron chi connectivity index (χ3n) is 2.90. The fourth-order valence-corrected chi connectivity index (χ4v) is 2.01. The first-order valence-electron chi connectivity index (χ1n) is 6.18. The average Bonchev–Trinajstić information content (AvgIpc) is 2.30. The van der Waals surface area contributed by atoms with Crippen molar-refractivity contribution in [3.8, 4) is 0 Å². The number of benzene rings is 1. The van der Waals surface area contributed by atoms with Gasteiger partial charge in [-0.15, -0.1) is 0 Å². The third kappa shape index (κ3) is 4.36. The largest absolute Gasteiger partial charge is 0.385 e. The van der Waals surface area contributed by atoms with Crippen LogP contribution in [0.15, 0.2) is 18.2 Å². The standard InChI is InChI=1S/C14H24N2O/c1-12-5-6-14(13(11-12)7-8-15)16(2)9-4-10-17-3/h5-6,11H,4,7-10,15H2,1-3H3. The Kier molecular flexibility index (Phi) is 6.01. The molecule has 0 bridgehead atoms. The van der Waals surface area contributed by atoms with Gasteiger partial charge >= 0.3 is 0 Å². The molecule has 2 N–H and O–H groups in total. The summed E-state index contributed by atoms with van der Waals surface area (Å²) in [5.74, 6) is 0. The van der Waals surface area contributed by atoms with Gasteiger partial charge in [-0.05, 0) is 37.9 Å². The van der Waals surface area contributed by atoms with Crippen LogP contribution in [0.25, 0.3) is 0 Å². The van der Waals surface area contributed by atoms with Gasteiger partial charge in [0.05, 0.1) is 0 Å². The van der Waals surface area contributed by atoms with Gasteiger partial charge in [-0.3, -0.25) is 0 Å². The van der Waals surface area contributed by atoms with Crippen molar-refractivity contribution in [3.63, 3.8) is 0 Å². The molecule has 96 valence electrons. The molecule has 1 aromatic rings. The van der Waals surface area contributed by atoms with Crippen LogP contribution in [-0.2, 0) is 11.2 Å². The quantitative estimate of drug-likeness (QED) is 0.736. The molecular weight excluding hydrogens is 212 g/mol. The molecule has 3 heteroatoms. The van der Waals surface area contributed by atoms with Crippen LogP contribution in [-0.4, -0.2) is 33.9 Å². The molecule has 17 heavy (non-hydrogen) atoms. The molecule has 0 aliphatic carbocycles. The molecule has 0 radical (unpaired) electrons. The van der Waals surface area contributed by atoms with Crippen LogP contribution in [0.5, 0.6) is 0 Å². The van der Waals surface area contributed by atoms with Crippen LogP contribution in [0.1, 0.15) is 17.5 Å². The molecule has 3 nitrogen and oxygen atoms in total. The summed E-state index contributed by atoms with van der Waals surface area (Å²) in [5, 5.41) is 0. The number of hydrogen-bond donors (Lipinski definition) is 1. The minimum absolute atomic E-state index is 0.697. The second-order valence-corrected chi connectivity index (χ2v) is 4.44. The second-order valence-electron chi connectivity index (χ2n) is 4.44. The van der Waals surface area contributed by atoms with Gasteiger partial charge in [0.25, 0.3) is 0 Å². The summed E-state index contributed by atoms with van der Waals surface area (Å²) in [6.07, 6.45) is 1.98. The first-order chi connectivity index (χ1) is 8.19. The number of rotatable bonds is 7. The Morgan fingerprint density at radius 3 is 2.76 bits per heavy atom. The first-order valence-corrected chi connectivity index (χ1v) is 6.18. The van der Waals surface area contributed by atoms with Gasteiger partial charge in [-0.2, -0.15) is 0 Å². The lowest BCUT2D eigenvalue weighted by atomic mass is 10.1. The maximum Gasteiger partial charge on any atom is 0.0479 e. The van der Waals surface area contributed by atoms with E-state index in [1.54, 1.807) is 7.11 Å². The number of ether oxygens (including phenoxy) is 1. The van der Waals surface area contributed by atoms with E-state index in [4.69, 9.17) is 10.5 Å². The normalized spacial score (nSPS) is 10.6. The molecule has 1 rings (SSSR count). The Morgan fingerprint density at radius 1 is 1.35 bits per heavy atom. The van der Waals surface area contributed by atoms with Crippen molar-refractivity contribution in [2.75, 3.05) is 38.8 Å². The van der Waals surface area contributed by atoms with E-state index in [0.717, 1.165) is 26.0 Å². The van der Waals surface area contributed by atoms with Gasteiger partial charge in [-0.25, -0.2) is 0 Å². The van der Waals surface area contributed by atoms with E-state index in [1.165, 1.54) is 16.8 Å². The zero-order chi connectivity index (χ0) is 12.7. The summed E-state index contributed by atoms with van der Waals surface area (Å²) in [6, 6.07) is 6.57. The summed E-state index contributed by atoms with van der Waals surface area (Å²) < 4.78 is 5.08. The minimum Gasteiger partial charge on any atom is -0.385 e. The fraction of sp³-hybridized carbons (Fsp3) is 0.571. The smallest absolute Gasteiger partial charge is 0.0479 e. The van der Waals surface area contributed by atoms with E-state index < -0.39 is 0 Å². The molecule has 1 aromatic carbocycles. The van der Waals surface area contributed by atoms with Gasteiger partial charge in [0.1, 0.15) is 0 Å². The second kappa shape index (κ2) is 7.30. The van der Waals surface area contributed by atoms with E-state index in [1.807, 2.05) is 0 Å². The van der Waals surface area contributed by atoms with Crippen LogP contribution in [0.4, 0.5) is 5.69 Å². The van der Waals surface area contributed by atoms with E-state index in [0.29, 0.717) is 6.54 Å². The fourth-order valence-electron chi connectivity index (χ4n) is 2.01. The molecule has 0 amide bonds. The number of methoxy groups -OCH3 is 1. The molecule has 0 fully saturated rings. The van der Waals surface area contributed by atoms with E-state index in [9.17, 15) is 0 Å². The van der Waals surface area contributed by atoms with E-state index >= 15 is 0 Å². The van der Waals surface area contributed by atoms with Crippen LogP contribution in [0.2, 0.25) is 0 Å². The molecule has 0 heterocycles. The molecule has 0 unspecified atom stereocenters. The van der Waals surface area contributed by atoms with Gasteiger partial charge < -0.3 is 15.4 Å². The first kappa shape index (κ1) is 14.0. The molecule has 0 saturated heterocycles. The minimum atomic E-state index is 0.697. The predicted octanol–water partition coefficient (Wildman–Crippen LogP) is 1.97. The topological polar surface area (TPSA) is 38.5 Å². The van der Waals surface area contributed by atoms with Gasteiger partial charge in [0.15, 0.2) is 0 Å². The van der Waals surface area contributed by atoms with Crippen molar-refractivity contribution in [2.24, 2.45) is 5.73 Å². The predicted molar refractivity (Wildman–Crippen MR) is 73.7 cm³/mol. The highest BCUT2D eigenvalue weighted by molar-refractivity contribution is 5.54. The van der Waals surface area contributed by atoms with E-state index in [2.05, 4.69) is 37.1 Å². The molecule has 0 aliphatic rings. The zero-order valence-corrected chi connectivity index (χ0v) is 11.2.